The topological polar surface area (TPSA) is 34.9 Å². The molecular formula is C12H12N2O. The number of nitrogens with zero attached hydrogens (tertiary/aromatic N) is 2. The highest BCUT2D eigenvalue weighted by Gasteiger charge is 2.07. The van der Waals surface area contributed by atoms with Crippen LogP contribution in [0.15, 0.2) is 36.7 Å². The lowest BCUT2D eigenvalue weighted by Crippen LogP contribution is -1.97. The fraction of sp³-hybridized carbons (Fsp3) is 0.167. The third-order valence-electron chi connectivity index (χ3n) is 2.23. The minimum Gasteiger partial charge on any atom is -0.328 e. The maximum Gasteiger partial charge on any atom is 0.152 e. The van der Waals surface area contributed by atoms with E-state index in [1.807, 2.05) is 29.8 Å². The maximum absolute atomic E-state index is 10.9. The van der Waals surface area contributed by atoms with Crippen LogP contribution >= 0.6 is 0 Å². The molecule has 0 saturated heterocycles. The van der Waals surface area contributed by atoms with Crippen LogP contribution in [0.3, 0.4) is 0 Å². The molecule has 3 heteroatoms. The fourth-order valence-electron chi connectivity index (χ4n) is 1.65. The zero-order chi connectivity index (χ0) is 10.8. The Morgan fingerprint density at radius 1 is 1.67 bits per heavy atom. The molecule has 0 atom stereocenters. The number of fused-ring (bicyclic) bond motifs is 1. The molecule has 0 amide bonds. The van der Waals surface area contributed by atoms with Crippen molar-refractivity contribution in [2.45, 2.75) is 13.5 Å². The van der Waals surface area contributed by atoms with E-state index in [2.05, 4.69) is 11.6 Å². The summed E-state index contributed by atoms with van der Waals surface area (Å²) < 4.78 is 1.95. The van der Waals surface area contributed by atoms with E-state index in [9.17, 15) is 4.79 Å². The van der Waals surface area contributed by atoms with Gasteiger partial charge in [-0.15, -0.1) is 0 Å². The Balaban J connectivity index is 2.64. The van der Waals surface area contributed by atoms with Crippen molar-refractivity contribution in [1.29, 1.82) is 0 Å². The van der Waals surface area contributed by atoms with E-state index in [0.717, 1.165) is 22.9 Å². The molecular weight excluding hydrogens is 188 g/mol. The van der Waals surface area contributed by atoms with Crippen molar-refractivity contribution >= 4 is 17.3 Å². The summed E-state index contributed by atoms with van der Waals surface area (Å²) in [6.45, 7) is 6.50. The Morgan fingerprint density at radius 2 is 2.47 bits per heavy atom. The highest BCUT2D eigenvalue weighted by molar-refractivity contribution is 5.95. The molecule has 0 spiro atoms. The predicted molar refractivity (Wildman–Crippen MR) is 59.9 cm³/mol. The second-order valence-electron chi connectivity index (χ2n) is 3.66. The SMILES string of the molecule is C=C(C)Cn1cc(C=O)c2cccnc21. The maximum atomic E-state index is 10.9. The summed E-state index contributed by atoms with van der Waals surface area (Å²) in [6, 6.07) is 3.74. The lowest BCUT2D eigenvalue weighted by Gasteiger charge is -2.02. The summed E-state index contributed by atoms with van der Waals surface area (Å²) in [5.74, 6) is 0. The van der Waals surface area contributed by atoms with E-state index in [1.165, 1.54) is 0 Å². The Kier molecular flexibility index (Phi) is 2.37. The third-order valence-corrected chi connectivity index (χ3v) is 2.23. The predicted octanol–water partition coefficient (Wildman–Crippen LogP) is 2.42. The number of carbonyl (C=O) groups excluding carboxylic acids is 1. The van der Waals surface area contributed by atoms with E-state index in [1.54, 1.807) is 6.20 Å². The number of aromatic nitrogens is 2. The normalized spacial score (nSPS) is 10.5. The number of aldehydes is 1. The van der Waals surface area contributed by atoms with Gasteiger partial charge in [0.15, 0.2) is 6.29 Å². The Bertz CT molecular complexity index is 525. The van der Waals surface area contributed by atoms with Crippen molar-refractivity contribution in [3.05, 3.63) is 42.2 Å². The Labute approximate surface area is 88.0 Å². The van der Waals surface area contributed by atoms with Crippen molar-refractivity contribution in [3.63, 3.8) is 0 Å². The first-order valence-electron chi connectivity index (χ1n) is 4.76. The monoisotopic (exact) mass is 200 g/mol. The van der Waals surface area contributed by atoms with Crippen LogP contribution in [0.5, 0.6) is 0 Å². The van der Waals surface area contributed by atoms with Gasteiger partial charge in [-0.2, -0.15) is 0 Å². The number of hydrogen-bond acceptors (Lipinski definition) is 2. The minimum absolute atomic E-state index is 0.680. The molecule has 76 valence electrons. The number of rotatable bonds is 3. The third kappa shape index (κ3) is 1.68. The molecule has 15 heavy (non-hydrogen) atoms. The molecule has 0 aliphatic rings. The zero-order valence-corrected chi connectivity index (χ0v) is 8.60. The highest BCUT2D eigenvalue weighted by Crippen LogP contribution is 2.18. The van der Waals surface area contributed by atoms with Gasteiger partial charge in [0.05, 0.1) is 0 Å². The Morgan fingerprint density at radius 3 is 3.13 bits per heavy atom. The molecule has 0 aliphatic carbocycles. The smallest absolute Gasteiger partial charge is 0.152 e. The molecule has 2 aromatic heterocycles. The number of allylic oxidation sites excluding steroid dienone is 1. The van der Waals surface area contributed by atoms with Gasteiger partial charge in [0, 0.05) is 29.9 Å². The van der Waals surface area contributed by atoms with Gasteiger partial charge in [-0.3, -0.25) is 4.79 Å². The van der Waals surface area contributed by atoms with E-state index in [-0.39, 0.29) is 0 Å². The molecule has 0 radical (unpaired) electrons. The summed E-state index contributed by atoms with van der Waals surface area (Å²) in [5, 5.41) is 0.897. The average molecular weight is 200 g/mol. The molecule has 0 N–H and O–H groups in total. The first-order chi connectivity index (χ1) is 7.22. The lowest BCUT2D eigenvalue weighted by atomic mass is 10.2. The van der Waals surface area contributed by atoms with Crippen molar-refractivity contribution < 1.29 is 4.79 Å². The number of hydrogen-bond donors (Lipinski definition) is 0. The van der Waals surface area contributed by atoms with Crippen molar-refractivity contribution in [2.24, 2.45) is 0 Å². The van der Waals surface area contributed by atoms with Gasteiger partial charge < -0.3 is 4.57 Å². The summed E-state index contributed by atoms with van der Waals surface area (Å²) in [4.78, 5) is 15.1. The van der Waals surface area contributed by atoms with Gasteiger partial charge in [-0.25, -0.2) is 4.98 Å². The highest BCUT2D eigenvalue weighted by atomic mass is 16.1. The summed E-state index contributed by atoms with van der Waals surface area (Å²) in [6.07, 6.45) is 4.41. The summed E-state index contributed by atoms with van der Waals surface area (Å²) >= 11 is 0. The van der Waals surface area contributed by atoms with E-state index < -0.39 is 0 Å². The van der Waals surface area contributed by atoms with Gasteiger partial charge in [-0.05, 0) is 19.1 Å². The minimum atomic E-state index is 0.680. The average Bonchev–Trinajstić information content (AvgIpc) is 2.56. The van der Waals surface area contributed by atoms with Crippen LogP contribution in [0.2, 0.25) is 0 Å². The molecule has 0 unspecified atom stereocenters. The molecule has 0 saturated carbocycles. The van der Waals surface area contributed by atoms with E-state index in [4.69, 9.17) is 0 Å². The van der Waals surface area contributed by atoms with Gasteiger partial charge in [-0.1, -0.05) is 12.2 Å². The van der Waals surface area contributed by atoms with E-state index >= 15 is 0 Å². The first-order valence-corrected chi connectivity index (χ1v) is 4.76. The molecule has 2 heterocycles. The van der Waals surface area contributed by atoms with Gasteiger partial charge in [0.25, 0.3) is 0 Å². The van der Waals surface area contributed by atoms with Crippen LogP contribution in [-0.4, -0.2) is 15.8 Å². The van der Waals surface area contributed by atoms with Crippen molar-refractivity contribution in [1.82, 2.24) is 9.55 Å². The molecule has 2 aromatic rings. The molecule has 3 nitrogen and oxygen atoms in total. The van der Waals surface area contributed by atoms with E-state index in [0.29, 0.717) is 12.1 Å². The van der Waals surface area contributed by atoms with Crippen LogP contribution < -0.4 is 0 Å². The number of pyridine rings is 1. The fourth-order valence-corrected chi connectivity index (χ4v) is 1.65. The largest absolute Gasteiger partial charge is 0.328 e. The molecule has 0 bridgehead atoms. The quantitative estimate of drug-likeness (QED) is 0.563. The van der Waals surface area contributed by atoms with Crippen LogP contribution in [0.4, 0.5) is 0 Å². The second-order valence-corrected chi connectivity index (χ2v) is 3.66. The van der Waals surface area contributed by atoms with Crippen LogP contribution in [0.25, 0.3) is 11.0 Å². The zero-order valence-electron chi connectivity index (χ0n) is 8.60. The standard InChI is InChI=1S/C12H12N2O/c1-9(2)6-14-7-10(8-15)11-4-3-5-13-12(11)14/h3-5,7-8H,1,6H2,2H3. The molecule has 0 aromatic carbocycles. The summed E-state index contributed by atoms with van der Waals surface area (Å²) in [7, 11) is 0. The van der Waals surface area contributed by atoms with Crippen molar-refractivity contribution in [2.75, 3.05) is 0 Å². The Hall–Kier alpha value is -1.90. The van der Waals surface area contributed by atoms with Crippen LogP contribution in [-0.2, 0) is 6.54 Å². The second kappa shape index (κ2) is 3.69. The number of carbonyl (C=O) groups is 1. The van der Waals surface area contributed by atoms with Crippen LogP contribution in [0, 0.1) is 0 Å². The molecule has 0 aliphatic heterocycles. The first kappa shape index (κ1) is 9.65. The lowest BCUT2D eigenvalue weighted by molar-refractivity contribution is 0.112. The van der Waals surface area contributed by atoms with Crippen LogP contribution in [0.1, 0.15) is 17.3 Å². The van der Waals surface area contributed by atoms with Crippen molar-refractivity contribution in [3.8, 4) is 0 Å². The van der Waals surface area contributed by atoms with Gasteiger partial charge in [0.1, 0.15) is 5.65 Å². The summed E-state index contributed by atoms with van der Waals surface area (Å²) in [5.41, 5.74) is 2.55. The molecule has 2 rings (SSSR count). The van der Waals surface area contributed by atoms with Gasteiger partial charge in [0.2, 0.25) is 0 Å². The molecule has 0 fully saturated rings. The van der Waals surface area contributed by atoms with Gasteiger partial charge >= 0.3 is 0 Å².